The number of carbonyl (C=O) groups is 4. The standard InChI is InChI=1S/C78H152O17P2/c1-7-9-11-13-15-17-19-21-23-24-25-26-30-35-39-43-51-57-63-77(82)94-73(66-88-75(80)60-54-48-41-37-33-31-27-28-32-36-40-46-52-58-70(3)4)68-92-96(84,85)90-64-72(79)65-91-97(86,87)93-69-74(67-89-76(81)61-55-49-45-44-47-53-59-71(5)6)95-78(83)62-56-50-42-38-34-29-22-20-18-16-14-12-10-8-2/h70-74,79H,7-69H2,1-6H3,(H,84,85)(H,86,87)/t72-,73-,74-/m1/s1. The lowest BCUT2D eigenvalue weighted by Gasteiger charge is -2.21. The number of hydrogen-bond donors (Lipinski definition) is 3. The molecule has 0 aliphatic carbocycles. The van der Waals surface area contributed by atoms with Crippen LogP contribution in [0.5, 0.6) is 0 Å². The first-order valence-corrected chi connectivity index (χ1v) is 43.5. The number of phosphoric acid groups is 2. The van der Waals surface area contributed by atoms with Crippen molar-refractivity contribution in [2.75, 3.05) is 39.6 Å². The highest BCUT2D eigenvalue weighted by atomic mass is 31.2. The Morgan fingerprint density at radius 2 is 0.474 bits per heavy atom. The molecule has 17 nitrogen and oxygen atoms in total. The summed E-state index contributed by atoms with van der Waals surface area (Å²) in [6.07, 6.45) is 58.4. The largest absolute Gasteiger partial charge is 0.472 e. The highest BCUT2D eigenvalue weighted by molar-refractivity contribution is 7.47. The fraction of sp³-hybridized carbons (Fsp3) is 0.949. The molecule has 5 atom stereocenters. The van der Waals surface area contributed by atoms with Gasteiger partial charge in [0.05, 0.1) is 26.4 Å². The molecular formula is C78H152O17P2. The third kappa shape index (κ3) is 72.2. The molecule has 0 aromatic carbocycles. The zero-order valence-corrected chi connectivity index (χ0v) is 65.2. The first-order chi connectivity index (χ1) is 46.9. The summed E-state index contributed by atoms with van der Waals surface area (Å²) in [7, 11) is -9.91. The van der Waals surface area contributed by atoms with Crippen LogP contribution >= 0.6 is 15.6 Å². The number of aliphatic hydroxyl groups excluding tert-OH is 1. The molecule has 0 saturated heterocycles. The van der Waals surface area contributed by atoms with Crippen molar-refractivity contribution in [1.82, 2.24) is 0 Å². The van der Waals surface area contributed by atoms with Crippen LogP contribution in [0.3, 0.4) is 0 Å². The molecule has 0 saturated carbocycles. The lowest BCUT2D eigenvalue weighted by Crippen LogP contribution is -2.30. The fourth-order valence-corrected chi connectivity index (χ4v) is 13.6. The van der Waals surface area contributed by atoms with Gasteiger partial charge in [-0.3, -0.25) is 37.3 Å². The third-order valence-electron chi connectivity index (χ3n) is 18.2. The van der Waals surface area contributed by atoms with E-state index >= 15 is 0 Å². The zero-order chi connectivity index (χ0) is 71.4. The van der Waals surface area contributed by atoms with E-state index < -0.39 is 97.5 Å². The number of aliphatic hydroxyl groups is 1. The number of rotatable bonds is 77. The van der Waals surface area contributed by atoms with Crippen molar-refractivity contribution in [2.24, 2.45) is 11.8 Å². The molecule has 97 heavy (non-hydrogen) atoms. The Morgan fingerprint density at radius 1 is 0.278 bits per heavy atom. The number of ether oxygens (including phenoxy) is 4. The molecule has 0 fully saturated rings. The van der Waals surface area contributed by atoms with Gasteiger partial charge in [0.25, 0.3) is 0 Å². The van der Waals surface area contributed by atoms with E-state index in [0.29, 0.717) is 31.6 Å². The van der Waals surface area contributed by atoms with Crippen molar-refractivity contribution in [3.05, 3.63) is 0 Å². The second-order valence-corrected chi connectivity index (χ2v) is 32.0. The predicted molar refractivity (Wildman–Crippen MR) is 395 cm³/mol. The molecule has 576 valence electrons. The molecule has 0 aliphatic rings. The van der Waals surface area contributed by atoms with Gasteiger partial charge in [-0.05, 0) is 37.5 Å². The van der Waals surface area contributed by atoms with E-state index in [-0.39, 0.29) is 25.7 Å². The second-order valence-electron chi connectivity index (χ2n) is 29.1. The number of unbranched alkanes of at least 4 members (excludes halogenated alkanes) is 47. The number of carbonyl (C=O) groups excluding carboxylic acids is 4. The molecule has 0 aliphatic heterocycles. The van der Waals surface area contributed by atoms with Gasteiger partial charge < -0.3 is 33.8 Å². The van der Waals surface area contributed by atoms with Crippen LogP contribution in [0, 0.1) is 11.8 Å². The summed E-state index contributed by atoms with van der Waals surface area (Å²) >= 11 is 0. The fourth-order valence-electron chi connectivity index (χ4n) is 12.0. The first-order valence-electron chi connectivity index (χ1n) is 40.5. The molecule has 19 heteroatoms. The van der Waals surface area contributed by atoms with Crippen LogP contribution in [0.25, 0.3) is 0 Å². The highest BCUT2D eigenvalue weighted by Crippen LogP contribution is 2.45. The Hall–Kier alpha value is -1.94. The minimum Gasteiger partial charge on any atom is -0.462 e. The SMILES string of the molecule is CCCCCCCCCCCCCCCCCCCCC(=O)O[C@H](COC(=O)CCCCCCCCCCCCCCCC(C)C)COP(=O)(O)OC[C@@H](O)COP(=O)(O)OC[C@@H](COC(=O)CCCCCCCCC(C)C)OC(=O)CCCCCCCCCCCCCCCC. The topological polar surface area (TPSA) is 237 Å². The van der Waals surface area contributed by atoms with Gasteiger partial charge in [0, 0.05) is 25.7 Å². The molecule has 0 amide bonds. The first kappa shape index (κ1) is 95.1. The van der Waals surface area contributed by atoms with Gasteiger partial charge in [-0.1, -0.05) is 356 Å². The quantitative estimate of drug-likeness (QED) is 0.0222. The third-order valence-corrected chi connectivity index (χ3v) is 20.1. The van der Waals surface area contributed by atoms with Crippen LogP contribution in [0.15, 0.2) is 0 Å². The smallest absolute Gasteiger partial charge is 0.462 e. The summed E-state index contributed by atoms with van der Waals surface area (Å²) in [5.41, 5.74) is 0. The Kier molecular flexibility index (Phi) is 68.4. The maximum absolute atomic E-state index is 13.1. The van der Waals surface area contributed by atoms with Crippen molar-refractivity contribution in [2.45, 2.75) is 426 Å². The average molecular weight is 1420 g/mol. The molecule has 0 rings (SSSR count). The maximum atomic E-state index is 13.1. The van der Waals surface area contributed by atoms with Crippen LogP contribution in [0.1, 0.15) is 408 Å². The summed E-state index contributed by atoms with van der Waals surface area (Å²) in [6, 6.07) is 0. The molecule has 3 N–H and O–H groups in total. The van der Waals surface area contributed by atoms with Crippen molar-refractivity contribution >= 4 is 39.5 Å². The Morgan fingerprint density at radius 3 is 0.701 bits per heavy atom. The van der Waals surface area contributed by atoms with Crippen molar-refractivity contribution in [3.63, 3.8) is 0 Å². The van der Waals surface area contributed by atoms with Gasteiger partial charge >= 0.3 is 39.5 Å². The van der Waals surface area contributed by atoms with Crippen molar-refractivity contribution in [3.8, 4) is 0 Å². The molecule has 0 radical (unpaired) electrons. The maximum Gasteiger partial charge on any atom is 0.472 e. The molecule has 0 aromatic heterocycles. The van der Waals surface area contributed by atoms with E-state index in [1.807, 2.05) is 0 Å². The Bertz CT molecular complexity index is 1870. The number of phosphoric ester groups is 2. The van der Waals surface area contributed by atoms with E-state index in [1.165, 1.54) is 218 Å². The van der Waals surface area contributed by atoms with Crippen LogP contribution < -0.4 is 0 Å². The van der Waals surface area contributed by atoms with Gasteiger partial charge in [-0.2, -0.15) is 0 Å². The van der Waals surface area contributed by atoms with Crippen LogP contribution in [-0.4, -0.2) is 96.7 Å². The van der Waals surface area contributed by atoms with Gasteiger partial charge in [0.1, 0.15) is 19.3 Å². The molecule has 0 heterocycles. The van der Waals surface area contributed by atoms with Crippen molar-refractivity contribution < 1.29 is 80.2 Å². The minimum atomic E-state index is -4.96. The van der Waals surface area contributed by atoms with Gasteiger partial charge in [-0.25, -0.2) is 9.13 Å². The van der Waals surface area contributed by atoms with E-state index in [2.05, 4.69) is 41.5 Å². The van der Waals surface area contributed by atoms with Crippen molar-refractivity contribution in [1.29, 1.82) is 0 Å². The lowest BCUT2D eigenvalue weighted by molar-refractivity contribution is -0.161. The van der Waals surface area contributed by atoms with Gasteiger partial charge in [0.2, 0.25) is 0 Å². The molecular weight excluding hydrogens is 1270 g/mol. The summed E-state index contributed by atoms with van der Waals surface area (Å²) < 4.78 is 68.6. The minimum absolute atomic E-state index is 0.107. The highest BCUT2D eigenvalue weighted by Gasteiger charge is 2.30. The Balaban J connectivity index is 5.23. The monoisotopic (exact) mass is 1420 g/mol. The van der Waals surface area contributed by atoms with Gasteiger partial charge in [0.15, 0.2) is 12.2 Å². The van der Waals surface area contributed by atoms with Crippen LogP contribution in [0.2, 0.25) is 0 Å². The summed E-state index contributed by atoms with van der Waals surface area (Å²) in [5.74, 6) is -0.642. The molecule has 0 aromatic rings. The Labute approximate surface area is 594 Å². The zero-order valence-electron chi connectivity index (χ0n) is 63.4. The lowest BCUT2D eigenvalue weighted by atomic mass is 10.0. The average Bonchev–Trinajstić information content (AvgIpc) is 3.21. The molecule has 0 spiro atoms. The second kappa shape index (κ2) is 69.8. The normalized spacial score (nSPS) is 14.0. The number of esters is 4. The van der Waals surface area contributed by atoms with E-state index in [1.54, 1.807) is 0 Å². The van der Waals surface area contributed by atoms with E-state index in [9.17, 15) is 43.2 Å². The predicted octanol–water partition coefficient (Wildman–Crippen LogP) is 23.1. The van der Waals surface area contributed by atoms with Gasteiger partial charge in [-0.15, -0.1) is 0 Å². The molecule has 2 unspecified atom stereocenters. The van der Waals surface area contributed by atoms with E-state index in [4.69, 9.17) is 37.0 Å². The molecule has 0 bridgehead atoms. The summed E-state index contributed by atoms with van der Waals surface area (Å²) in [6.45, 7) is 9.55. The van der Waals surface area contributed by atoms with Crippen LogP contribution in [0.4, 0.5) is 0 Å². The van der Waals surface area contributed by atoms with Crippen LogP contribution in [-0.2, 0) is 65.4 Å². The summed E-state index contributed by atoms with van der Waals surface area (Å²) in [5, 5.41) is 10.6. The summed E-state index contributed by atoms with van der Waals surface area (Å²) in [4.78, 5) is 72.9. The van der Waals surface area contributed by atoms with E-state index in [0.717, 1.165) is 102 Å². The number of hydrogen-bond acceptors (Lipinski definition) is 15.